The molecule has 0 aromatic heterocycles. The zero-order chi connectivity index (χ0) is 19.8. The summed E-state index contributed by atoms with van der Waals surface area (Å²) in [5, 5.41) is 2.65. The van der Waals surface area contributed by atoms with Gasteiger partial charge in [0.2, 0.25) is 0 Å². The zero-order valence-electron chi connectivity index (χ0n) is 14.1. The van der Waals surface area contributed by atoms with Crippen LogP contribution in [0, 0.1) is 5.41 Å². The van der Waals surface area contributed by atoms with E-state index in [1.165, 1.54) is 36.4 Å². The summed E-state index contributed by atoms with van der Waals surface area (Å²) in [7, 11) is 0.968. The zero-order valence-corrected chi connectivity index (χ0v) is 14.9. The van der Waals surface area contributed by atoms with Gasteiger partial charge in [-0.2, -0.15) is 13.2 Å². The molecule has 27 heavy (non-hydrogen) atoms. The smallest absolute Gasteiger partial charge is 0.410 e. The van der Waals surface area contributed by atoms with E-state index in [1.54, 1.807) is 12.1 Å². The van der Waals surface area contributed by atoms with Crippen molar-refractivity contribution in [1.82, 2.24) is 0 Å². The van der Waals surface area contributed by atoms with Crippen molar-refractivity contribution >= 4 is 29.0 Å². The van der Waals surface area contributed by atoms with E-state index < -0.39 is 35.8 Å². The van der Waals surface area contributed by atoms with E-state index in [9.17, 15) is 22.8 Å². The Kier molecular flexibility index (Phi) is 4.90. The molecule has 142 valence electrons. The van der Waals surface area contributed by atoms with Crippen LogP contribution in [0.5, 0.6) is 0 Å². The fourth-order valence-electron chi connectivity index (χ4n) is 3.41. The average molecular weight is 398 g/mol. The lowest BCUT2D eigenvalue weighted by atomic mass is 9.75. The fourth-order valence-corrected chi connectivity index (χ4v) is 3.54. The van der Waals surface area contributed by atoms with E-state index in [1.807, 2.05) is 0 Å². The molecule has 2 unspecified atom stereocenters. The van der Waals surface area contributed by atoms with Crippen molar-refractivity contribution in [3.63, 3.8) is 0 Å². The van der Waals surface area contributed by atoms with Gasteiger partial charge in [-0.15, -0.1) is 0 Å². The quantitative estimate of drug-likeness (QED) is 0.618. The van der Waals surface area contributed by atoms with E-state index in [2.05, 4.69) is 10.1 Å². The first kappa shape index (κ1) is 19.2. The number of carbonyl (C=O) groups excluding carboxylic acids is 2. The van der Waals surface area contributed by atoms with Crippen molar-refractivity contribution in [2.24, 2.45) is 5.41 Å². The number of ketones is 1. The van der Waals surface area contributed by atoms with Crippen LogP contribution in [0.15, 0.2) is 48.5 Å². The molecule has 0 spiro atoms. The number of carbonyl (C=O) groups is 2. The second kappa shape index (κ2) is 6.88. The number of ether oxygens (including phenoxy) is 1. The van der Waals surface area contributed by atoms with Crippen LogP contribution in [0.2, 0.25) is 5.02 Å². The number of Topliss-reactive ketones (excluding diaryl/α,β-unsaturated/α-hetero) is 1. The summed E-state index contributed by atoms with van der Waals surface area (Å²) in [6.45, 7) is 0. The highest BCUT2D eigenvalue weighted by Crippen LogP contribution is 2.46. The Morgan fingerprint density at radius 3 is 2.37 bits per heavy atom. The van der Waals surface area contributed by atoms with Crippen molar-refractivity contribution in [3.05, 3.63) is 64.7 Å². The van der Waals surface area contributed by atoms with Crippen molar-refractivity contribution in [3.8, 4) is 0 Å². The molecule has 0 fully saturated rings. The monoisotopic (exact) mass is 397 g/mol. The van der Waals surface area contributed by atoms with Crippen LogP contribution in [0.1, 0.15) is 15.9 Å². The minimum atomic E-state index is -4.90. The molecule has 4 nitrogen and oxygen atoms in total. The summed E-state index contributed by atoms with van der Waals surface area (Å²) >= 11 is 5.77. The molecule has 3 rings (SSSR count). The van der Waals surface area contributed by atoms with Gasteiger partial charge in [-0.3, -0.25) is 9.59 Å². The van der Waals surface area contributed by atoms with E-state index in [0.29, 0.717) is 10.6 Å². The third-order valence-electron chi connectivity index (χ3n) is 4.66. The van der Waals surface area contributed by atoms with E-state index in [0.717, 1.165) is 7.11 Å². The molecular weight excluding hydrogens is 383 g/mol. The Bertz CT molecular complexity index is 883. The lowest BCUT2D eigenvalue weighted by Gasteiger charge is -2.35. The summed E-state index contributed by atoms with van der Waals surface area (Å²) in [5.74, 6) is -2.14. The van der Waals surface area contributed by atoms with Crippen LogP contribution in [0.25, 0.3) is 0 Å². The number of fused-ring (bicyclic) bond motifs is 1. The highest BCUT2D eigenvalue weighted by atomic mass is 35.5. The number of hydrogen-bond acceptors (Lipinski definition) is 4. The van der Waals surface area contributed by atoms with E-state index in [4.69, 9.17) is 11.6 Å². The minimum absolute atomic E-state index is 0.0776. The van der Waals surface area contributed by atoms with Gasteiger partial charge in [-0.25, -0.2) is 0 Å². The van der Waals surface area contributed by atoms with E-state index in [-0.39, 0.29) is 11.3 Å². The van der Waals surface area contributed by atoms with Crippen molar-refractivity contribution in [1.29, 1.82) is 0 Å². The van der Waals surface area contributed by atoms with Crippen LogP contribution < -0.4 is 5.32 Å². The Morgan fingerprint density at radius 2 is 1.81 bits per heavy atom. The molecule has 0 radical (unpaired) electrons. The molecule has 0 heterocycles. The Balaban J connectivity index is 2.12. The molecule has 0 amide bonds. The number of halogens is 4. The SMILES string of the molecule is COC(=O)C1(C(Nc2ccc(Cl)cc2)C(F)(F)F)Cc2ccccc2C1=O. The summed E-state index contributed by atoms with van der Waals surface area (Å²) in [5.41, 5.74) is -1.90. The topological polar surface area (TPSA) is 55.4 Å². The van der Waals surface area contributed by atoms with Crippen molar-refractivity contribution in [2.75, 3.05) is 12.4 Å². The molecule has 1 N–H and O–H groups in total. The number of esters is 1. The van der Waals surface area contributed by atoms with Gasteiger partial charge in [0.1, 0.15) is 6.04 Å². The predicted molar refractivity (Wildman–Crippen MR) is 93.8 cm³/mol. The molecule has 2 aromatic rings. The maximum atomic E-state index is 14.0. The van der Waals surface area contributed by atoms with Crippen LogP contribution in [0.3, 0.4) is 0 Å². The Hall–Kier alpha value is -2.54. The van der Waals surface area contributed by atoms with Crippen LogP contribution >= 0.6 is 11.6 Å². The van der Waals surface area contributed by atoms with Gasteiger partial charge in [0.25, 0.3) is 0 Å². The summed E-state index contributed by atoms with van der Waals surface area (Å²) in [4.78, 5) is 25.5. The average Bonchev–Trinajstić information content (AvgIpc) is 2.93. The van der Waals surface area contributed by atoms with Crippen LogP contribution in [0.4, 0.5) is 18.9 Å². The molecule has 0 aliphatic heterocycles. The number of rotatable bonds is 4. The largest absolute Gasteiger partial charge is 0.468 e. The third kappa shape index (κ3) is 3.27. The molecular formula is C19H15ClF3NO3. The van der Waals surface area contributed by atoms with Gasteiger partial charge in [-0.05, 0) is 36.2 Å². The summed E-state index contributed by atoms with van der Waals surface area (Å²) < 4.78 is 46.7. The first-order valence-corrected chi connectivity index (χ1v) is 8.38. The minimum Gasteiger partial charge on any atom is -0.468 e. The first-order valence-electron chi connectivity index (χ1n) is 8.00. The second-order valence-corrected chi connectivity index (χ2v) is 6.69. The summed E-state index contributed by atoms with van der Waals surface area (Å²) in [6.07, 6.45) is -5.30. The van der Waals surface area contributed by atoms with E-state index >= 15 is 0 Å². The highest BCUT2D eigenvalue weighted by Gasteiger charge is 2.65. The van der Waals surface area contributed by atoms with Gasteiger partial charge < -0.3 is 10.1 Å². The third-order valence-corrected chi connectivity index (χ3v) is 4.91. The molecule has 2 aromatic carbocycles. The highest BCUT2D eigenvalue weighted by molar-refractivity contribution is 6.30. The number of hydrogen-bond donors (Lipinski definition) is 1. The summed E-state index contributed by atoms with van der Waals surface area (Å²) in [6, 6.07) is 9.14. The second-order valence-electron chi connectivity index (χ2n) is 6.25. The normalized spacial score (nSPS) is 20.1. The van der Waals surface area contributed by atoms with Crippen molar-refractivity contribution in [2.45, 2.75) is 18.6 Å². The molecule has 2 atom stereocenters. The molecule has 0 bridgehead atoms. The maximum Gasteiger partial charge on any atom is 0.410 e. The van der Waals surface area contributed by atoms with Crippen LogP contribution in [-0.2, 0) is 16.0 Å². The molecule has 1 aliphatic carbocycles. The predicted octanol–water partition coefficient (Wildman–Crippen LogP) is 4.28. The lowest BCUT2D eigenvalue weighted by molar-refractivity contribution is -0.179. The fraction of sp³-hybridized carbons (Fsp3) is 0.263. The number of methoxy groups -OCH3 is 1. The maximum absolute atomic E-state index is 14.0. The van der Waals surface area contributed by atoms with Crippen molar-refractivity contribution < 1.29 is 27.5 Å². The number of anilines is 1. The molecule has 1 aliphatic rings. The Morgan fingerprint density at radius 1 is 1.19 bits per heavy atom. The standard InChI is InChI=1S/C19H15ClF3NO3/c1-27-17(26)18(10-11-4-2-3-5-14(11)15(18)25)16(19(21,22)23)24-13-8-6-12(20)7-9-13/h2-9,16,24H,10H2,1H3. The van der Waals surface area contributed by atoms with Crippen LogP contribution in [-0.4, -0.2) is 31.1 Å². The molecule has 0 saturated carbocycles. The lowest BCUT2D eigenvalue weighted by Crippen LogP contribution is -2.58. The van der Waals surface area contributed by atoms with Gasteiger partial charge in [0, 0.05) is 16.3 Å². The first-order chi connectivity index (χ1) is 12.7. The molecule has 0 saturated heterocycles. The number of nitrogens with one attached hydrogen (secondary N) is 1. The van der Waals surface area contributed by atoms with Gasteiger partial charge in [0.15, 0.2) is 11.2 Å². The molecule has 8 heteroatoms. The number of alkyl halides is 3. The van der Waals surface area contributed by atoms with Gasteiger partial charge in [0.05, 0.1) is 7.11 Å². The Labute approximate surface area is 158 Å². The number of benzene rings is 2. The van der Waals surface area contributed by atoms with Gasteiger partial charge >= 0.3 is 12.1 Å². The van der Waals surface area contributed by atoms with Gasteiger partial charge in [-0.1, -0.05) is 35.9 Å².